The van der Waals surface area contributed by atoms with Gasteiger partial charge >= 0.3 is 12.1 Å². The van der Waals surface area contributed by atoms with Crippen LogP contribution in [0.15, 0.2) is 18.5 Å². The maximum Gasteiger partial charge on any atom is 0.407 e. The Hall–Kier alpha value is -2.38. The maximum absolute atomic E-state index is 11.4. The number of aromatic nitrogens is 2. The summed E-state index contributed by atoms with van der Waals surface area (Å²) in [4.78, 5) is 30.4. The van der Waals surface area contributed by atoms with Crippen LogP contribution < -0.4 is 16.0 Å². The second-order valence-corrected chi connectivity index (χ2v) is 4.96. The quantitative estimate of drug-likeness (QED) is 0.717. The molecular formula is C12H19N5O3. The highest BCUT2D eigenvalue weighted by molar-refractivity contribution is 5.87. The van der Waals surface area contributed by atoms with E-state index in [1.54, 1.807) is 6.07 Å². The Morgan fingerprint density at radius 2 is 1.90 bits per heavy atom. The Morgan fingerprint density at radius 3 is 2.50 bits per heavy atom. The maximum atomic E-state index is 11.4. The number of nitrogens with zero attached hydrogens (tertiary/aromatic N) is 2. The summed E-state index contributed by atoms with van der Waals surface area (Å²) in [6.07, 6.45) is 2.51. The molecule has 3 amide bonds. The molecule has 0 aliphatic rings. The van der Waals surface area contributed by atoms with E-state index in [0.29, 0.717) is 0 Å². The molecule has 0 saturated heterocycles. The largest absolute Gasteiger partial charge is 0.448 e. The SMILES string of the molecule is CC(C)(C)NC(=O)OCCNC(=O)Nc1ncccn1. The molecule has 1 heterocycles. The zero-order valence-electron chi connectivity index (χ0n) is 11.8. The molecule has 0 radical (unpaired) electrons. The fourth-order valence-electron chi connectivity index (χ4n) is 1.16. The molecule has 0 spiro atoms. The predicted octanol–water partition coefficient (Wildman–Crippen LogP) is 1.12. The first-order valence-corrected chi connectivity index (χ1v) is 6.13. The lowest BCUT2D eigenvalue weighted by molar-refractivity contribution is 0.138. The lowest BCUT2D eigenvalue weighted by Crippen LogP contribution is -2.42. The van der Waals surface area contributed by atoms with Gasteiger partial charge in [0.25, 0.3) is 0 Å². The van der Waals surface area contributed by atoms with Gasteiger partial charge in [-0.3, -0.25) is 5.32 Å². The summed E-state index contributed by atoms with van der Waals surface area (Å²) < 4.78 is 4.89. The van der Waals surface area contributed by atoms with Gasteiger partial charge in [0.05, 0.1) is 6.54 Å². The van der Waals surface area contributed by atoms with E-state index in [9.17, 15) is 9.59 Å². The van der Waals surface area contributed by atoms with Crippen LogP contribution in [0.1, 0.15) is 20.8 Å². The molecule has 8 heteroatoms. The van der Waals surface area contributed by atoms with Crippen LogP contribution in [0.25, 0.3) is 0 Å². The Morgan fingerprint density at radius 1 is 1.25 bits per heavy atom. The summed E-state index contributed by atoms with van der Waals surface area (Å²) in [5.41, 5.74) is -0.355. The minimum absolute atomic E-state index is 0.0744. The van der Waals surface area contributed by atoms with Gasteiger partial charge in [-0.15, -0.1) is 0 Å². The van der Waals surface area contributed by atoms with Crippen LogP contribution in [0.4, 0.5) is 15.5 Å². The van der Waals surface area contributed by atoms with E-state index in [4.69, 9.17) is 4.74 Å². The number of carbonyl (C=O) groups is 2. The number of anilines is 1. The van der Waals surface area contributed by atoms with Crippen LogP contribution in [-0.4, -0.2) is 40.8 Å². The van der Waals surface area contributed by atoms with Crippen molar-refractivity contribution in [2.24, 2.45) is 0 Å². The van der Waals surface area contributed by atoms with E-state index in [0.717, 1.165) is 0 Å². The number of hydrogen-bond acceptors (Lipinski definition) is 5. The van der Waals surface area contributed by atoms with Gasteiger partial charge < -0.3 is 15.4 Å². The Kier molecular flexibility index (Phi) is 5.70. The second-order valence-electron chi connectivity index (χ2n) is 4.96. The van der Waals surface area contributed by atoms with E-state index in [1.807, 2.05) is 20.8 Å². The molecule has 8 nitrogen and oxygen atoms in total. The van der Waals surface area contributed by atoms with Crippen LogP contribution in [-0.2, 0) is 4.74 Å². The van der Waals surface area contributed by atoms with Gasteiger partial charge in [-0.05, 0) is 26.8 Å². The molecule has 0 unspecified atom stereocenters. The predicted molar refractivity (Wildman–Crippen MR) is 73.3 cm³/mol. The van der Waals surface area contributed by atoms with Crippen molar-refractivity contribution >= 4 is 18.1 Å². The van der Waals surface area contributed by atoms with Crippen LogP contribution in [0.5, 0.6) is 0 Å². The number of amides is 3. The number of hydrogen-bond donors (Lipinski definition) is 3. The van der Waals surface area contributed by atoms with E-state index in [2.05, 4.69) is 25.9 Å². The first-order valence-electron chi connectivity index (χ1n) is 6.13. The molecule has 1 aromatic heterocycles. The minimum atomic E-state index is -0.522. The average Bonchev–Trinajstić information content (AvgIpc) is 2.34. The summed E-state index contributed by atoms with van der Waals surface area (Å²) in [6.45, 7) is 5.81. The topological polar surface area (TPSA) is 105 Å². The molecule has 1 aromatic rings. The molecule has 0 aliphatic carbocycles. The van der Waals surface area contributed by atoms with Crippen molar-refractivity contribution in [3.63, 3.8) is 0 Å². The van der Waals surface area contributed by atoms with Gasteiger partial charge in [-0.25, -0.2) is 19.6 Å². The molecule has 3 N–H and O–H groups in total. The van der Waals surface area contributed by atoms with Gasteiger partial charge in [-0.2, -0.15) is 0 Å². The Bertz CT molecular complexity index is 444. The summed E-state index contributed by atoms with van der Waals surface area (Å²) in [5.74, 6) is 0.205. The molecule has 0 atom stereocenters. The van der Waals surface area contributed by atoms with Gasteiger partial charge in [0.2, 0.25) is 5.95 Å². The highest BCUT2D eigenvalue weighted by atomic mass is 16.5. The number of ether oxygens (including phenoxy) is 1. The third kappa shape index (κ3) is 7.14. The van der Waals surface area contributed by atoms with Gasteiger partial charge in [0.15, 0.2) is 0 Å². The molecule has 0 saturated carbocycles. The number of carbonyl (C=O) groups excluding carboxylic acids is 2. The molecule has 110 valence electrons. The smallest absolute Gasteiger partial charge is 0.407 e. The third-order valence-corrected chi connectivity index (χ3v) is 1.89. The first kappa shape index (κ1) is 15.7. The zero-order chi connectivity index (χ0) is 15.0. The lowest BCUT2D eigenvalue weighted by atomic mass is 10.1. The number of nitrogens with one attached hydrogen (secondary N) is 3. The summed E-state index contributed by atoms with van der Waals surface area (Å²) in [5, 5.41) is 7.59. The summed E-state index contributed by atoms with van der Waals surface area (Å²) in [7, 11) is 0. The highest BCUT2D eigenvalue weighted by Crippen LogP contribution is 1.98. The minimum Gasteiger partial charge on any atom is -0.448 e. The van der Waals surface area contributed by atoms with Crippen LogP contribution >= 0.6 is 0 Å². The molecule has 0 aromatic carbocycles. The number of alkyl carbamates (subject to hydrolysis) is 1. The first-order chi connectivity index (χ1) is 9.37. The molecule has 20 heavy (non-hydrogen) atoms. The van der Waals surface area contributed by atoms with Gasteiger partial charge in [0.1, 0.15) is 6.61 Å². The molecule has 0 fully saturated rings. The summed E-state index contributed by atoms with van der Waals surface area (Å²) in [6, 6.07) is 1.18. The molecule has 0 aliphatic heterocycles. The van der Waals surface area contributed by atoms with Crippen LogP contribution in [0.2, 0.25) is 0 Å². The fraction of sp³-hybridized carbons (Fsp3) is 0.500. The van der Waals surface area contributed by atoms with Gasteiger partial charge in [-0.1, -0.05) is 0 Å². The number of urea groups is 1. The lowest BCUT2D eigenvalue weighted by Gasteiger charge is -2.19. The molecular weight excluding hydrogens is 262 g/mol. The monoisotopic (exact) mass is 281 g/mol. The average molecular weight is 281 g/mol. The molecule has 1 rings (SSSR count). The van der Waals surface area contributed by atoms with Crippen molar-refractivity contribution in [3.8, 4) is 0 Å². The van der Waals surface area contributed by atoms with Crippen LogP contribution in [0, 0.1) is 0 Å². The fourth-order valence-corrected chi connectivity index (χ4v) is 1.16. The summed E-state index contributed by atoms with van der Waals surface area (Å²) >= 11 is 0. The van der Waals surface area contributed by atoms with Crippen molar-refractivity contribution in [3.05, 3.63) is 18.5 Å². The standard InChI is InChI=1S/C12H19N5O3/c1-12(2,3)17-11(19)20-8-7-15-10(18)16-9-13-5-4-6-14-9/h4-6H,7-8H2,1-3H3,(H,17,19)(H2,13,14,15,16,18). The van der Waals surface area contributed by atoms with Crippen molar-refractivity contribution in [2.75, 3.05) is 18.5 Å². The third-order valence-electron chi connectivity index (χ3n) is 1.89. The second kappa shape index (κ2) is 7.27. The zero-order valence-corrected chi connectivity index (χ0v) is 11.8. The Balaban J connectivity index is 2.15. The molecule has 0 bridgehead atoms. The van der Waals surface area contributed by atoms with Crippen molar-refractivity contribution < 1.29 is 14.3 Å². The van der Waals surface area contributed by atoms with Crippen LogP contribution in [0.3, 0.4) is 0 Å². The van der Waals surface area contributed by atoms with E-state index in [-0.39, 0.29) is 24.6 Å². The highest BCUT2D eigenvalue weighted by Gasteiger charge is 2.14. The van der Waals surface area contributed by atoms with E-state index in [1.165, 1.54) is 12.4 Å². The normalized spacial score (nSPS) is 10.6. The van der Waals surface area contributed by atoms with Crippen molar-refractivity contribution in [1.29, 1.82) is 0 Å². The van der Waals surface area contributed by atoms with Crippen molar-refractivity contribution in [1.82, 2.24) is 20.6 Å². The Labute approximate surface area is 117 Å². The number of rotatable bonds is 4. The van der Waals surface area contributed by atoms with E-state index < -0.39 is 12.1 Å². The van der Waals surface area contributed by atoms with Gasteiger partial charge in [0, 0.05) is 17.9 Å². The van der Waals surface area contributed by atoms with Crippen molar-refractivity contribution in [2.45, 2.75) is 26.3 Å². The van der Waals surface area contributed by atoms with E-state index >= 15 is 0 Å².